The van der Waals surface area contributed by atoms with Gasteiger partial charge in [0.05, 0.1) is 17.1 Å². The fraction of sp³-hybridized carbons (Fsp3) is 0.269. The average Bonchev–Trinajstić information content (AvgIpc) is 2.82. The third kappa shape index (κ3) is 6.52. The van der Waals surface area contributed by atoms with Crippen molar-refractivity contribution in [2.75, 3.05) is 24.0 Å². The van der Waals surface area contributed by atoms with Crippen molar-refractivity contribution in [2.45, 2.75) is 32.1 Å². The Bertz CT molecular complexity index is 1230. The highest BCUT2D eigenvalue weighted by Crippen LogP contribution is 2.28. The van der Waals surface area contributed by atoms with E-state index in [2.05, 4.69) is 12.2 Å². The minimum absolute atomic E-state index is 0.0986. The number of nitrogens with zero attached hydrogens (tertiary/aromatic N) is 1. The van der Waals surface area contributed by atoms with Crippen molar-refractivity contribution in [3.8, 4) is 5.75 Å². The van der Waals surface area contributed by atoms with Crippen molar-refractivity contribution in [1.82, 2.24) is 5.32 Å². The quantitative estimate of drug-likeness (QED) is 0.401. The van der Waals surface area contributed by atoms with Crippen LogP contribution in [0.1, 0.15) is 23.6 Å². The maximum Gasteiger partial charge on any atom is 0.264 e. The lowest BCUT2D eigenvalue weighted by Gasteiger charge is -2.24. The molecule has 180 valence electrons. The van der Waals surface area contributed by atoms with Crippen LogP contribution >= 0.6 is 11.6 Å². The molecular weight excluding hydrogens is 472 g/mol. The van der Waals surface area contributed by atoms with Crippen molar-refractivity contribution in [1.29, 1.82) is 0 Å². The molecule has 0 radical (unpaired) electrons. The van der Waals surface area contributed by atoms with Gasteiger partial charge in [-0.25, -0.2) is 8.42 Å². The summed E-state index contributed by atoms with van der Waals surface area (Å²) >= 11 is 6.25. The second-order valence-corrected chi connectivity index (χ2v) is 10.2. The molecule has 3 aromatic carbocycles. The van der Waals surface area contributed by atoms with Crippen LogP contribution in [0.4, 0.5) is 5.69 Å². The topological polar surface area (TPSA) is 75.7 Å². The monoisotopic (exact) mass is 500 g/mol. The van der Waals surface area contributed by atoms with Gasteiger partial charge in [-0.05, 0) is 67.8 Å². The first-order valence-electron chi connectivity index (χ1n) is 11.0. The van der Waals surface area contributed by atoms with Crippen LogP contribution in [-0.2, 0) is 21.2 Å². The molecule has 0 saturated carbocycles. The summed E-state index contributed by atoms with van der Waals surface area (Å²) in [4.78, 5) is 12.8. The zero-order valence-corrected chi connectivity index (χ0v) is 21.1. The first kappa shape index (κ1) is 25.6. The van der Waals surface area contributed by atoms with Crippen LogP contribution in [0.3, 0.4) is 0 Å². The zero-order chi connectivity index (χ0) is 24.7. The molecule has 0 fully saturated rings. The molecule has 34 heavy (non-hydrogen) atoms. The highest BCUT2D eigenvalue weighted by molar-refractivity contribution is 7.92. The molecule has 0 aromatic heterocycles. The van der Waals surface area contributed by atoms with Crippen molar-refractivity contribution in [2.24, 2.45) is 0 Å². The molecule has 3 rings (SSSR count). The smallest absolute Gasteiger partial charge is 0.264 e. The summed E-state index contributed by atoms with van der Waals surface area (Å²) in [5, 5.41) is 3.15. The third-order valence-electron chi connectivity index (χ3n) is 5.36. The van der Waals surface area contributed by atoms with Crippen molar-refractivity contribution < 1.29 is 17.9 Å². The first-order valence-corrected chi connectivity index (χ1v) is 12.9. The fourth-order valence-electron chi connectivity index (χ4n) is 3.26. The number of halogens is 1. The van der Waals surface area contributed by atoms with E-state index in [1.54, 1.807) is 30.3 Å². The second kappa shape index (κ2) is 11.4. The molecule has 0 aliphatic heterocycles. The number of hydrogen-bond acceptors (Lipinski definition) is 4. The van der Waals surface area contributed by atoms with E-state index >= 15 is 0 Å². The molecule has 0 saturated heterocycles. The molecule has 0 aliphatic rings. The normalized spacial score (nSPS) is 11.2. The zero-order valence-electron chi connectivity index (χ0n) is 19.5. The summed E-state index contributed by atoms with van der Waals surface area (Å²) in [6.45, 7) is 5.90. The van der Waals surface area contributed by atoms with E-state index in [4.69, 9.17) is 16.3 Å². The number of hydrogen-bond donors (Lipinski definition) is 1. The van der Waals surface area contributed by atoms with Gasteiger partial charge in [-0.2, -0.15) is 0 Å². The van der Waals surface area contributed by atoms with E-state index < -0.39 is 15.9 Å². The largest absolute Gasteiger partial charge is 0.492 e. The highest BCUT2D eigenvalue weighted by atomic mass is 35.5. The van der Waals surface area contributed by atoms with Gasteiger partial charge in [-0.15, -0.1) is 0 Å². The molecular formula is C26H29ClN2O4S. The maximum absolute atomic E-state index is 13.4. The summed E-state index contributed by atoms with van der Waals surface area (Å²) in [7, 11) is -3.99. The fourth-order valence-corrected chi connectivity index (χ4v) is 4.84. The standard InChI is InChI=1S/C26H29ClN2O4S/c1-4-21-8-11-23(12-9-21)33-16-15-28-26(30)18-29(22-10-7-20(3)25(27)17-22)34(31,32)24-13-5-19(2)6-14-24/h5-14,17H,4,15-16,18H2,1-3H3,(H,28,30). The second-order valence-electron chi connectivity index (χ2n) is 7.95. The number of carbonyl (C=O) groups is 1. The number of rotatable bonds is 10. The van der Waals surface area contributed by atoms with E-state index in [0.717, 1.165) is 21.9 Å². The molecule has 8 heteroatoms. The van der Waals surface area contributed by atoms with Crippen LogP contribution in [-0.4, -0.2) is 34.0 Å². The highest BCUT2D eigenvalue weighted by Gasteiger charge is 2.27. The van der Waals surface area contributed by atoms with E-state index in [-0.39, 0.29) is 24.6 Å². The molecule has 1 amide bonds. The predicted molar refractivity (Wildman–Crippen MR) is 136 cm³/mol. The van der Waals surface area contributed by atoms with Gasteiger partial charge in [0.15, 0.2) is 0 Å². The Morgan fingerprint density at radius 1 is 1.00 bits per heavy atom. The molecule has 6 nitrogen and oxygen atoms in total. The summed E-state index contributed by atoms with van der Waals surface area (Å²) in [5.41, 5.74) is 3.28. The lowest BCUT2D eigenvalue weighted by Crippen LogP contribution is -2.42. The van der Waals surface area contributed by atoms with Crippen LogP contribution in [0.5, 0.6) is 5.75 Å². The lowest BCUT2D eigenvalue weighted by atomic mass is 10.2. The van der Waals surface area contributed by atoms with E-state index in [1.807, 2.05) is 38.1 Å². The van der Waals surface area contributed by atoms with Gasteiger partial charge in [-0.3, -0.25) is 9.10 Å². The number of carbonyl (C=O) groups excluding carboxylic acids is 1. The Hall–Kier alpha value is -3.03. The lowest BCUT2D eigenvalue weighted by molar-refractivity contribution is -0.119. The molecule has 0 atom stereocenters. The minimum atomic E-state index is -3.99. The number of anilines is 1. The van der Waals surface area contributed by atoms with Gasteiger partial charge in [-0.1, -0.05) is 54.4 Å². The SMILES string of the molecule is CCc1ccc(OCCNC(=O)CN(c2ccc(C)c(Cl)c2)S(=O)(=O)c2ccc(C)cc2)cc1. The van der Waals surface area contributed by atoms with Gasteiger partial charge >= 0.3 is 0 Å². The van der Waals surface area contributed by atoms with Crippen molar-refractivity contribution in [3.05, 3.63) is 88.4 Å². The molecule has 0 aliphatic carbocycles. The van der Waals surface area contributed by atoms with Gasteiger partial charge in [0.25, 0.3) is 10.0 Å². The summed E-state index contributed by atoms with van der Waals surface area (Å²) in [6.07, 6.45) is 0.949. The molecule has 0 heterocycles. The summed E-state index contributed by atoms with van der Waals surface area (Å²) < 4.78 is 33.6. The van der Waals surface area contributed by atoms with Crippen LogP contribution in [0, 0.1) is 13.8 Å². The molecule has 0 unspecified atom stereocenters. The number of ether oxygens (including phenoxy) is 1. The van der Waals surface area contributed by atoms with Crippen LogP contribution in [0.15, 0.2) is 71.6 Å². The Balaban J connectivity index is 1.71. The van der Waals surface area contributed by atoms with Crippen LogP contribution in [0.25, 0.3) is 0 Å². The maximum atomic E-state index is 13.4. The van der Waals surface area contributed by atoms with Gasteiger partial charge in [0.1, 0.15) is 18.9 Å². The molecule has 0 spiro atoms. The van der Waals surface area contributed by atoms with Gasteiger partial charge in [0, 0.05) is 5.02 Å². The minimum Gasteiger partial charge on any atom is -0.492 e. The average molecular weight is 501 g/mol. The number of aryl methyl sites for hydroxylation is 3. The molecule has 1 N–H and O–H groups in total. The Morgan fingerprint density at radius 2 is 1.68 bits per heavy atom. The van der Waals surface area contributed by atoms with Crippen LogP contribution < -0.4 is 14.4 Å². The number of sulfonamides is 1. The third-order valence-corrected chi connectivity index (χ3v) is 7.56. The number of nitrogens with one attached hydrogen (secondary N) is 1. The Labute approximate surface area is 206 Å². The summed E-state index contributed by atoms with van der Waals surface area (Å²) in [5.74, 6) is 0.265. The van der Waals surface area contributed by atoms with E-state index in [9.17, 15) is 13.2 Å². The number of benzene rings is 3. The van der Waals surface area contributed by atoms with E-state index in [0.29, 0.717) is 16.5 Å². The number of amides is 1. The van der Waals surface area contributed by atoms with Crippen LogP contribution in [0.2, 0.25) is 5.02 Å². The van der Waals surface area contributed by atoms with Crippen molar-refractivity contribution in [3.63, 3.8) is 0 Å². The Morgan fingerprint density at radius 3 is 2.29 bits per heavy atom. The predicted octanol–water partition coefficient (Wildman–Crippen LogP) is 4.91. The van der Waals surface area contributed by atoms with Crippen molar-refractivity contribution >= 4 is 33.2 Å². The first-order chi connectivity index (χ1) is 16.2. The van der Waals surface area contributed by atoms with Gasteiger partial charge < -0.3 is 10.1 Å². The van der Waals surface area contributed by atoms with E-state index in [1.165, 1.54) is 17.7 Å². The molecule has 3 aromatic rings. The van der Waals surface area contributed by atoms with Gasteiger partial charge in [0.2, 0.25) is 5.91 Å². The summed E-state index contributed by atoms with van der Waals surface area (Å²) in [6, 6.07) is 19.2. The Kier molecular flexibility index (Phi) is 8.58. The molecule has 0 bridgehead atoms.